The largest absolute Gasteiger partial charge is 0.372 e. The molecule has 1 saturated heterocycles. The SMILES string of the molecule is Clc1nc(Nc2ccc(N3CCCC3)cc2)c2ccccc2n1. The van der Waals surface area contributed by atoms with E-state index in [9.17, 15) is 0 Å². The number of nitrogens with one attached hydrogen (secondary N) is 1. The van der Waals surface area contributed by atoms with Gasteiger partial charge >= 0.3 is 0 Å². The molecule has 0 spiro atoms. The lowest BCUT2D eigenvalue weighted by Gasteiger charge is -2.18. The average Bonchev–Trinajstić information content (AvgIpc) is 3.10. The van der Waals surface area contributed by atoms with Crippen LogP contribution in [0, 0.1) is 0 Å². The molecule has 0 atom stereocenters. The molecule has 0 aliphatic carbocycles. The lowest BCUT2D eigenvalue weighted by atomic mass is 10.2. The lowest BCUT2D eigenvalue weighted by molar-refractivity contribution is 0.949. The van der Waals surface area contributed by atoms with Crippen LogP contribution in [0.4, 0.5) is 17.2 Å². The van der Waals surface area contributed by atoms with Crippen molar-refractivity contribution in [1.29, 1.82) is 0 Å². The topological polar surface area (TPSA) is 41.1 Å². The molecule has 2 heterocycles. The van der Waals surface area contributed by atoms with Gasteiger partial charge in [-0.1, -0.05) is 12.1 Å². The Morgan fingerprint density at radius 2 is 1.65 bits per heavy atom. The van der Waals surface area contributed by atoms with Gasteiger partial charge in [0.1, 0.15) is 5.82 Å². The maximum absolute atomic E-state index is 6.03. The normalized spacial score (nSPS) is 14.4. The van der Waals surface area contributed by atoms with Gasteiger partial charge in [0.05, 0.1) is 5.52 Å². The van der Waals surface area contributed by atoms with E-state index in [-0.39, 0.29) is 5.28 Å². The van der Waals surface area contributed by atoms with E-state index < -0.39 is 0 Å². The number of hydrogen-bond acceptors (Lipinski definition) is 4. The summed E-state index contributed by atoms with van der Waals surface area (Å²) in [4.78, 5) is 11.0. The van der Waals surface area contributed by atoms with Crippen molar-refractivity contribution in [2.45, 2.75) is 12.8 Å². The number of halogens is 1. The Labute approximate surface area is 140 Å². The van der Waals surface area contributed by atoms with Gasteiger partial charge in [-0.3, -0.25) is 0 Å². The third kappa shape index (κ3) is 2.94. The molecule has 4 rings (SSSR count). The number of hydrogen-bond donors (Lipinski definition) is 1. The fourth-order valence-corrected chi connectivity index (χ4v) is 3.19. The molecule has 1 aliphatic heterocycles. The Morgan fingerprint density at radius 3 is 2.43 bits per heavy atom. The monoisotopic (exact) mass is 324 g/mol. The number of benzene rings is 2. The Bertz CT molecular complexity index is 826. The van der Waals surface area contributed by atoms with Crippen molar-refractivity contribution in [1.82, 2.24) is 9.97 Å². The number of anilines is 3. The second-order valence-electron chi connectivity index (χ2n) is 5.72. The van der Waals surface area contributed by atoms with Crippen LogP contribution in [0.3, 0.4) is 0 Å². The first-order valence-electron chi connectivity index (χ1n) is 7.84. The zero-order valence-corrected chi connectivity index (χ0v) is 13.4. The summed E-state index contributed by atoms with van der Waals surface area (Å²) in [7, 11) is 0. The first kappa shape index (κ1) is 14.3. The van der Waals surface area contributed by atoms with Crippen LogP contribution in [0.15, 0.2) is 48.5 Å². The maximum atomic E-state index is 6.03. The summed E-state index contributed by atoms with van der Waals surface area (Å²) >= 11 is 6.03. The number of para-hydroxylation sites is 1. The number of nitrogens with zero attached hydrogens (tertiary/aromatic N) is 3. The van der Waals surface area contributed by atoms with E-state index in [0.29, 0.717) is 0 Å². The quantitative estimate of drug-likeness (QED) is 0.713. The van der Waals surface area contributed by atoms with Crippen molar-refractivity contribution in [3.05, 3.63) is 53.8 Å². The maximum Gasteiger partial charge on any atom is 0.224 e. The van der Waals surface area contributed by atoms with Gasteiger partial charge in [0.25, 0.3) is 0 Å². The Hall–Kier alpha value is -2.33. The highest BCUT2D eigenvalue weighted by Gasteiger charge is 2.12. The van der Waals surface area contributed by atoms with Crippen LogP contribution in [0.25, 0.3) is 10.9 Å². The van der Waals surface area contributed by atoms with Crippen molar-refractivity contribution in [3.63, 3.8) is 0 Å². The summed E-state index contributed by atoms with van der Waals surface area (Å²) in [6, 6.07) is 16.3. The summed E-state index contributed by atoms with van der Waals surface area (Å²) in [5.41, 5.74) is 3.11. The second kappa shape index (κ2) is 6.05. The Kier molecular flexibility index (Phi) is 3.75. The molecule has 1 N–H and O–H groups in total. The third-order valence-corrected chi connectivity index (χ3v) is 4.35. The van der Waals surface area contributed by atoms with Crippen LogP contribution in [-0.4, -0.2) is 23.1 Å². The molecule has 1 aromatic heterocycles. The predicted molar refractivity (Wildman–Crippen MR) is 95.7 cm³/mol. The van der Waals surface area contributed by atoms with E-state index in [1.54, 1.807) is 0 Å². The molecular weight excluding hydrogens is 308 g/mol. The molecule has 0 amide bonds. The number of fused-ring (bicyclic) bond motifs is 1. The van der Waals surface area contributed by atoms with E-state index in [0.717, 1.165) is 35.5 Å². The van der Waals surface area contributed by atoms with Gasteiger partial charge < -0.3 is 10.2 Å². The molecular formula is C18H17ClN4. The molecule has 3 aromatic rings. The Morgan fingerprint density at radius 1 is 0.913 bits per heavy atom. The summed E-state index contributed by atoms with van der Waals surface area (Å²) in [5.74, 6) is 0.731. The van der Waals surface area contributed by atoms with E-state index in [1.807, 2.05) is 24.3 Å². The minimum atomic E-state index is 0.250. The highest BCUT2D eigenvalue weighted by Crippen LogP contribution is 2.27. The van der Waals surface area contributed by atoms with Gasteiger partial charge in [-0.25, -0.2) is 4.98 Å². The number of rotatable bonds is 3. The van der Waals surface area contributed by atoms with Crippen molar-refractivity contribution in [2.24, 2.45) is 0 Å². The molecule has 1 fully saturated rings. The standard InChI is InChI=1S/C18H17ClN4/c19-18-21-16-6-2-1-5-15(16)17(22-18)20-13-7-9-14(10-8-13)23-11-3-4-12-23/h1-2,5-10H,3-4,11-12H2,(H,20,21,22). The van der Waals surface area contributed by atoms with Gasteiger partial charge in [-0.2, -0.15) is 4.98 Å². The average molecular weight is 325 g/mol. The fourth-order valence-electron chi connectivity index (χ4n) is 3.01. The zero-order valence-electron chi connectivity index (χ0n) is 12.7. The van der Waals surface area contributed by atoms with Crippen molar-refractivity contribution >= 4 is 39.7 Å². The molecule has 0 saturated carbocycles. The van der Waals surface area contributed by atoms with E-state index in [4.69, 9.17) is 11.6 Å². The van der Waals surface area contributed by atoms with Crippen LogP contribution in [0.1, 0.15) is 12.8 Å². The first-order chi connectivity index (χ1) is 11.3. The fraction of sp³-hybridized carbons (Fsp3) is 0.222. The second-order valence-corrected chi connectivity index (χ2v) is 6.06. The van der Waals surface area contributed by atoms with Crippen LogP contribution in [0.5, 0.6) is 0 Å². The van der Waals surface area contributed by atoms with Crippen LogP contribution in [0.2, 0.25) is 5.28 Å². The van der Waals surface area contributed by atoms with Gasteiger partial charge in [0.2, 0.25) is 5.28 Å². The van der Waals surface area contributed by atoms with Crippen LogP contribution < -0.4 is 10.2 Å². The van der Waals surface area contributed by atoms with Crippen molar-refractivity contribution in [2.75, 3.05) is 23.3 Å². The van der Waals surface area contributed by atoms with Crippen molar-refractivity contribution < 1.29 is 0 Å². The zero-order chi connectivity index (χ0) is 15.6. The molecule has 2 aromatic carbocycles. The molecule has 1 aliphatic rings. The van der Waals surface area contributed by atoms with Crippen LogP contribution in [-0.2, 0) is 0 Å². The minimum absolute atomic E-state index is 0.250. The predicted octanol–water partition coefficient (Wildman–Crippen LogP) is 4.63. The number of aromatic nitrogens is 2. The summed E-state index contributed by atoms with van der Waals surface area (Å²) in [6.07, 6.45) is 2.57. The van der Waals surface area contributed by atoms with E-state index in [2.05, 4.69) is 44.5 Å². The highest BCUT2D eigenvalue weighted by atomic mass is 35.5. The molecule has 0 unspecified atom stereocenters. The smallest absolute Gasteiger partial charge is 0.224 e. The lowest BCUT2D eigenvalue weighted by Crippen LogP contribution is -2.17. The molecule has 23 heavy (non-hydrogen) atoms. The molecule has 5 heteroatoms. The van der Waals surface area contributed by atoms with Crippen molar-refractivity contribution in [3.8, 4) is 0 Å². The highest BCUT2D eigenvalue weighted by molar-refractivity contribution is 6.28. The van der Waals surface area contributed by atoms with E-state index >= 15 is 0 Å². The summed E-state index contributed by atoms with van der Waals surface area (Å²) < 4.78 is 0. The van der Waals surface area contributed by atoms with Gasteiger partial charge in [-0.05, 0) is 60.8 Å². The molecule has 0 radical (unpaired) electrons. The summed E-state index contributed by atoms with van der Waals surface area (Å²) in [5, 5.41) is 4.56. The van der Waals surface area contributed by atoms with Crippen LogP contribution >= 0.6 is 11.6 Å². The molecule has 0 bridgehead atoms. The molecule has 4 nitrogen and oxygen atoms in total. The Balaban J connectivity index is 1.63. The van der Waals surface area contributed by atoms with Gasteiger partial charge in [-0.15, -0.1) is 0 Å². The molecule has 116 valence electrons. The van der Waals surface area contributed by atoms with Gasteiger partial charge in [0.15, 0.2) is 0 Å². The van der Waals surface area contributed by atoms with E-state index in [1.165, 1.54) is 18.5 Å². The third-order valence-electron chi connectivity index (χ3n) is 4.18. The minimum Gasteiger partial charge on any atom is -0.372 e. The van der Waals surface area contributed by atoms with Gasteiger partial charge in [0, 0.05) is 29.9 Å². The first-order valence-corrected chi connectivity index (χ1v) is 8.22. The summed E-state index contributed by atoms with van der Waals surface area (Å²) in [6.45, 7) is 2.30.